The number of nitrogens with one attached hydrogen (secondary N) is 1. The second-order valence-electron chi connectivity index (χ2n) is 9.33. The Balaban J connectivity index is 1.35. The molecule has 2 N–H and O–H groups in total. The monoisotopic (exact) mass is 453 g/mol. The number of carbonyl (C=O) groups is 2. The van der Waals surface area contributed by atoms with E-state index in [0.29, 0.717) is 30.4 Å². The predicted octanol–water partition coefficient (Wildman–Crippen LogP) is 5.31. The molecule has 2 unspecified atom stereocenters. The van der Waals surface area contributed by atoms with Crippen LogP contribution in [0.1, 0.15) is 58.5 Å². The first-order chi connectivity index (χ1) is 16.4. The molecule has 1 aliphatic rings. The lowest BCUT2D eigenvalue weighted by Crippen LogP contribution is -2.43. The molecular formula is C28H27N3O3. The van der Waals surface area contributed by atoms with E-state index >= 15 is 0 Å². The smallest absolute Gasteiger partial charge is 0.194 e. The standard InChI is InChI=1S/C28H27N3O3/c1-18-14-22(11-13-29-18)26-23-16-21(9-10-24(23)30-31-26)25(32)15-19-6-5-12-28(34,17-19)27(33)20-7-3-2-4-8-20/h2-4,7-11,13-14,16,19,34H,5-6,12,15,17H2,1H3,(H,30,31). The van der Waals surface area contributed by atoms with Crippen molar-refractivity contribution >= 4 is 22.5 Å². The van der Waals surface area contributed by atoms with E-state index in [1.807, 2.05) is 43.3 Å². The Morgan fingerprint density at radius 3 is 2.71 bits per heavy atom. The molecule has 5 rings (SSSR count). The van der Waals surface area contributed by atoms with Gasteiger partial charge in [0.05, 0.1) is 5.52 Å². The Labute approximate surface area is 198 Å². The summed E-state index contributed by atoms with van der Waals surface area (Å²) >= 11 is 0. The van der Waals surface area contributed by atoms with Crippen molar-refractivity contribution in [2.24, 2.45) is 5.92 Å². The van der Waals surface area contributed by atoms with E-state index in [0.717, 1.165) is 40.7 Å². The van der Waals surface area contributed by atoms with E-state index in [-0.39, 0.29) is 17.5 Å². The SMILES string of the molecule is Cc1cc(-c2n[nH]c3ccc(C(=O)CC4CCCC(O)(C(=O)c5ccccc5)C4)cc23)ccn1. The fourth-order valence-corrected chi connectivity index (χ4v) is 5.08. The number of H-pyrrole nitrogens is 1. The molecule has 2 aromatic heterocycles. The maximum Gasteiger partial charge on any atom is 0.194 e. The van der Waals surface area contributed by atoms with E-state index in [1.54, 1.807) is 30.5 Å². The molecule has 2 aromatic carbocycles. The number of Topliss-reactive ketones (excluding diaryl/α,β-unsaturated/α-hetero) is 2. The molecule has 1 saturated carbocycles. The summed E-state index contributed by atoms with van der Waals surface area (Å²) in [6, 6.07) is 18.4. The fraction of sp³-hybridized carbons (Fsp3) is 0.286. The summed E-state index contributed by atoms with van der Waals surface area (Å²) < 4.78 is 0. The van der Waals surface area contributed by atoms with Gasteiger partial charge in [0.25, 0.3) is 0 Å². The summed E-state index contributed by atoms with van der Waals surface area (Å²) in [7, 11) is 0. The highest BCUT2D eigenvalue weighted by Gasteiger charge is 2.41. The zero-order valence-corrected chi connectivity index (χ0v) is 19.1. The second kappa shape index (κ2) is 8.95. The molecule has 4 aromatic rings. The van der Waals surface area contributed by atoms with E-state index < -0.39 is 5.60 Å². The molecule has 2 heterocycles. The highest BCUT2D eigenvalue weighted by atomic mass is 16.3. The number of hydrogen-bond acceptors (Lipinski definition) is 5. The highest BCUT2D eigenvalue weighted by Crippen LogP contribution is 2.37. The molecule has 34 heavy (non-hydrogen) atoms. The summed E-state index contributed by atoms with van der Waals surface area (Å²) in [6.45, 7) is 1.93. The van der Waals surface area contributed by atoms with E-state index in [4.69, 9.17) is 0 Å². The predicted molar refractivity (Wildman–Crippen MR) is 131 cm³/mol. The molecule has 0 aliphatic heterocycles. The highest BCUT2D eigenvalue weighted by molar-refractivity contribution is 6.03. The third-order valence-corrected chi connectivity index (χ3v) is 6.82. The van der Waals surface area contributed by atoms with Crippen LogP contribution in [0, 0.1) is 12.8 Å². The maximum absolute atomic E-state index is 13.2. The first-order valence-corrected chi connectivity index (χ1v) is 11.7. The van der Waals surface area contributed by atoms with Crippen LogP contribution in [0.15, 0.2) is 66.9 Å². The fourth-order valence-electron chi connectivity index (χ4n) is 5.08. The lowest BCUT2D eigenvalue weighted by Gasteiger charge is -2.35. The summed E-state index contributed by atoms with van der Waals surface area (Å²) in [5.74, 6) is -0.273. The van der Waals surface area contributed by atoms with Gasteiger partial charge in [-0.1, -0.05) is 30.3 Å². The van der Waals surface area contributed by atoms with Gasteiger partial charge in [0, 0.05) is 40.4 Å². The third-order valence-electron chi connectivity index (χ3n) is 6.82. The van der Waals surface area contributed by atoms with Crippen LogP contribution in [0.4, 0.5) is 0 Å². The Morgan fingerprint density at radius 2 is 1.91 bits per heavy atom. The van der Waals surface area contributed by atoms with Gasteiger partial charge in [0.15, 0.2) is 11.6 Å². The van der Waals surface area contributed by atoms with Gasteiger partial charge in [-0.3, -0.25) is 19.7 Å². The summed E-state index contributed by atoms with van der Waals surface area (Å²) in [4.78, 5) is 30.5. The minimum Gasteiger partial charge on any atom is -0.382 e. The van der Waals surface area contributed by atoms with Crippen molar-refractivity contribution in [3.05, 3.63) is 83.7 Å². The van der Waals surface area contributed by atoms with Gasteiger partial charge in [-0.2, -0.15) is 5.10 Å². The van der Waals surface area contributed by atoms with Crippen LogP contribution >= 0.6 is 0 Å². The van der Waals surface area contributed by atoms with Gasteiger partial charge in [-0.05, 0) is 68.9 Å². The normalized spacial score (nSPS) is 20.4. The Morgan fingerprint density at radius 1 is 1.09 bits per heavy atom. The molecule has 1 fully saturated rings. The van der Waals surface area contributed by atoms with E-state index in [9.17, 15) is 14.7 Å². The third kappa shape index (κ3) is 4.29. The van der Waals surface area contributed by atoms with E-state index in [2.05, 4.69) is 15.2 Å². The lowest BCUT2D eigenvalue weighted by atomic mass is 9.72. The average Bonchev–Trinajstić information content (AvgIpc) is 3.27. The number of pyridine rings is 1. The van der Waals surface area contributed by atoms with Crippen LogP contribution in [0.3, 0.4) is 0 Å². The Bertz CT molecular complexity index is 1360. The van der Waals surface area contributed by atoms with Crippen molar-refractivity contribution < 1.29 is 14.7 Å². The molecule has 0 spiro atoms. The number of aromatic amines is 1. The number of rotatable bonds is 6. The van der Waals surface area contributed by atoms with Crippen LogP contribution < -0.4 is 0 Å². The molecule has 0 radical (unpaired) electrons. The molecule has 6 nitrogen and oxygen atoms in total. The van der Waals surface area contributed by atoms with Gasteiger partial charge in [-0.25, -0.2) is 0 Å². The molecule has 6 heteroatoms. The van der Waals surface area contributed by atoms with Crippen molar-refractivity contribution in [3.63, 3.8) is 0 Å². The van der Waals surface area contributed by atoms with Crippen molar-refractivity contribution in [2.75, 3.05) is 0 Å². The minimum absolute atomic E-state index is 0.0152. The molecule has 1 aliphatic carbocycles. The number of aromatic nitrogens is 3. The van der Waals surface area contributed by atoms with Crippen LogP contribution in [0.25, 0.3) is 22.2 Å². The first kappa shape index (κ1) is 22.2. The largest absolute Gasteiger partial charge is 0.382 e. The topological polar surface area (TPSA) is 95.9 Å². The zero-order valence-electron chi connectivity index (χ0n) is 19.1. The number of carbonyl (C=O) groups excluding carboxylic acids is 2. The first-order valence-electron chi connectivity index (χ1n) is 11.7. The van der Waals surface area contributed by atoms with Gasteiger partial charge in [-0.15, -0.1) is 0 Å². The molecule has 0 amide bonds. The number of ketones is 2. The number of benzene rings is 2. The number of aryl methyl sites for hydroxylation is 1. The molecular weight excluding hydrogens is 426 g/mol. The number of aliphatic hydroxyl groups is 1. The molecule has 2 atom stereocenters. The number of fused-ring (bicyclic) bond motifs is 1. The number of nitrogens with zero attached hydrogens (tertiary/aromatic N) is 2. The van der Waals surface area contributed by atoms with Crippen molar-refractivity contribution in [1.82, 2.24) is 15.2 Å². The van der Waals surface area contributed by atoms with Gasteiger partial charge < -0.3 is 5.11 Å². The van der Waals surface area contributed by atoms with Crippen LogP contribution in [0.2, 0.25) is 0 Å². The number of hydrogen-bond donors (Lipinski definition) is 2. The Kier molecular flexibility index (Phi) is 5.84. The minimum atomic E-state index is -1.41. The van der Waals surface area contributed by atoms with Crippen molar-refractivity contribution in [2.45, 2.75) is 44.6 Å². The van der Waals surface area contributed by atoms with Crippen LogP contribution in [-0.2, 0) is 0 Å². The van der Waals surface area contributed by atoms with Gasteiger partial charge in [0.1, 0.15) is 11.3 Å². The summed E-state index contributed by atoms with van der Waals surface area (Å²) in [6.07, 6.45) is 4.34. The molecule has 0 saturated heterocycles. The van der Waals surface area contributed by atoms with Crippen LogP contribution in [0.5, 0.6) is 0 Å². The van der Waals surface area contributed by atoms with Gasteiger partial charge >= 0.3 is 0 Å². The maximum atomic E-state index is 13.2. The average molecular weight is 454 g/mol. The Hall–Kier alpha value is -3.64. The lowest BCUT2D eigenvalue weighted by molar-refractivity contribution is -0.00252. The summed E-state index contributed by atoms with van der Waals surface area (Å²) in [5, 5.41) is 19.5. The van der Waals surface area contributed by atoms with Crippen molar-refractivity contribution in [3.8, 4) is 11.3 Å². The molecule has 172 valence electrons. The summed E-state index contributed by atoms with van der Waals surface area (Å²) in [5.41, 5.74) is 3.21. The zero-order chi connectivity index (χ0) is 23.7. The van der Waals surface area contributed by atoms with Crippen molar-refractivity contribution in [1.29, 1.82) is 0 Å². The van der Waals surface area contributed by atoms with Crippen LogP contribution in [-0.4, -0.2) is 37.5 Å². The molecule has 0 bridgehead atoms. The second-order valence-corrected chi connectivity index (χ2v) is 9.33. The van der Waals surface area contributed by atoms with E-state index in [1.165, 1.54) is 0 Å². The quantitative estimate of drug-likeness (QED) is 0.386. The van der Waals surface area contributed by atoms with Gasteiger partial charge in [0.2, 0.25) is 0 Å².